The Kier molecular flexibility index (Phi) is 6.71. The van der Waals surface area contributed by atoms with E-state index in [0.29, 0.717) is 11.3 Å². The van der Waals surface area contributed by atoms with E-state index in [2.05, 4.69) is 5.32 Å². The predicted octanol–water partition coefficient (Wildman–Crippen LogP) is 4.67. The topological polar surface area (TPSA) is 78.5 Å². The molecule has 1 N–H and O–H groups in total. The average molecular weight is 372 g/mol. The Bertz CT molecular complexity index is 780. The molecule has 1 amide bonds. The molecule has 0 fully saturated rings. The largest absolute Gasteiger partial charge is 0.772 e. The van der Waals surface area contributed by atoms with E-state index in [4.69, 9.17) is 4.74 Å². The molecular formula is C20H22NO4S-. The zero-order valence-electron chi connectivity index (χ0n) is 15.0. The molecule has 0 radical (unpaired) electrons. The van der Waals surface area contributed by atoms with Crippen LogP contribution in [0.3, 0.4) is 0 Å². The minimum absolute atomic E-state index is 0.533. The summed E-state index contributed by atoms with van der Waals surface area (Å²) in [4.78, 5) is 11.8. The molecule has 138 valence electrons. The Morgan fingerprint density at radius 3 is 2.27 bits per heavy atom. The maximum Gasteiger partial charge on any atom is 0.412 e. The summed E-state index contributed by atoms with van der Waals surface area (Å²) in [6, 6.07) is 16.1. The number of amides is 1. The third kappa shape index (κ3) is 6.46. The van der Waals surface area contributed by atoms with Crippen molar-refractivity contribution in [3.63, 3.8) is 0 Å². The number of carbonyl (C=O) groups is 1. The lowest BCUT2D eigenvalue weighted by Gasteiger charge is -2.20. The maximum atomic E-state index is 11.8. The van der Waals surface area contributed by atoms with Crippen LogP contribution >= 0.6 is 0 Å². The molecule has 0 bridgehead atoms. The molecule has 6 heteroatoms. The van der Waals surface area contributed by atoms with Crippen LogP contribution < -0.4 is 5.32 Å². The van der Waals surface area contributed by atoms with Gasteiger partial charge in [-0.15, -0.1) is 0 Å². The zero-order valence-corrected chi connectivity index (χ0v) is 15.8. The molecule has 2 rings (SSSR count). The molecule has 2 unspecified atom stereocenters. The Morgan fingerprint density at radius 1 is 1.12 bits per heavy atom. The minimum Gasteiger partial charge on any atom is -0.772 e. The van der Waals surface area contributed by atoms with Crippen LogP contribution in [-0.2, 0) is 15.8 Å². The smallest absolute Gasteiger partial charge is 0.412 e. The highest BCUT2D eigenvalue weighted by molar-refractivity contribution is 7.79. The fourth-order valence-electron chi connectivity index (χ4n) is 2.23. The van der Waals surface area contributed by atoms with Gasteiger partial charge >= 0.3 is 6.09 Å². The molecule has 2 aromatic rings. The Morgan fingerprint density at radius 2 is 1.73 bits per heavy atom. The highest BCUT2D eigenvalue weighted by atomic mass is 32.2. The van der Waals surface area contributed by atoms with Gasteiger partial charge in [0, 0.05) is 5.69 Å². The normalized spacial score (nSPS) is 14.0. The first-order chi connectivity index (χ1) is 12.2. The first-order valence-electron chi connectivity index (χ1n) is 8.16. The van der Waals surface area contributed by atoms with Crippen molar-refractivity contribution >= 4 is 28.9 Å². The quantitative estimate of drug-likeness (QED) is 0.774. The molecular weight excluding hydrogens is 350 g/mol. The monoisotopic (exact) mass is 372 g/mol. The standard InChI is InChI=1S/C20H23NO4S/c1-20(2,3)25-19(22)21-17-12-10-16(11-13-17)18(26(23)24)14-9-15-7-5-4-6-8-15/h4-14,18H,1-3H3,(H,21,22)(H,23,24)/p-1. The molecule has 2 atom stereocenters. The van der Waals surface area contributed by atoms with Crippen LogP contribution in [0.5, 0.6) is 0 Å². The molecule has 0 heterocycles. The highest BCUT2D eigenvalue weighted by Crippen LogP contribution is 2.23. The van der Waals surface area contributed by atoms with Crippen molar-refractivity contribution in [3.05, 3.63) is 71.8 Å². The van der Waals surface area contributed by atoms with Gasteiger partial charge in [-0.1, -0.05) is 54.6 Å². The molecule has 0 aliphatic carbocycles. The van der Waals surface area contributed by atoms with Gasteiger partial charge < -0.3 is 9.29 Å². The summed E-state index contributed by atoms with van der Waals surface area (Å²) in [6.07, 6.45) is 2.85. The van der Waals surface area contributed by atoms with E-state index in [1.165, 1.54) is 0 Å². The predicted molar refractivity (Wildman–Crippen MR) is 103 cm³/mol. The van der Waals surface area contributed by atoms with Crippen LogP contribution in [0.1, 0.15) is 37.1 Å². The molecule has 0 aliphatic heterocycles. The molecule has 0 saturated carbocycles. The third-order valence-corrected chi connectivity index (χ3v) is 4.20. The summed E-state index contributed by atoms with van der Waals surface area (Å²) in [5, 5.41) is 1.85. The summed E-state index contributed by atoms with van der Waals surface area (Å²) in [7, 11) is 0. The van der Waals surface area contributed by atoms with Gasteiger partial charge in [-0.3, -0.25) is 9.53 Å². The fourth-order valence-corrected chi connectivity index (χ4v) is 2.81. The first kappa shape index (κ1) is 19.9. The summed E-state index contributed by atoms with van der Waals surface area (Å²) in [5.41, 5.74) is 1.48. The van der Waals surface area contributed by atoms with Crippen LogP contribution in [0.15, 0.2) is 60.7 Å². The SMILES string of the molecule is CC(C)(C)OC(=O)Nc1ccc(C(C=Cc2ccccc2)S(=O)[O-])cc1. The lowest BCUT2D eigenvalue weighted by Crippen LogP contribution is -2.27. The number of hydrogen-bond donors (Lipinski definition) is 1. The molecule has 0 aromatic heterocycles. The van der Waals surface area contributed by atoms with Crippen LogP contribution in [0.25, 0.3) is 6.08 Å². The third-order valence-electron chi connectivity index (χ3n) is 3.35. The number of rotatable bonds is 5. The number of ether oxygens (including phenoxy) is 1. The number of hydrogen-bond acceptors (Lipinski definition) is 4. The Balaban J connectivity index is 2.09. The lowest BCUT2D eigenvalue weighted by atomic mass is 10.1. The number of nitrogens with one attached hydrogen (secondary N) is 1. The molecule has 0 saturated heterocycles. The van der Waals surface area contributed by atoms with Gasteiger partial charge in [0.15, 0.2) is 0 Å². The second kappa shape index (κ2) is 8.78. The summed E-state index contributed by atoms with van der Waals surface area (Å²) < 4.78 is 28.4. The Labute approximate surface area is 156 Å². The minimum atomic E-state index is -2.31. The van der Waals surface area contributed by atoms with Crippen molar-refractivity contribution in [1.29, 1.82) is 0 Å². The van der Waals surface area contributed by atoms with Crippen molar-refractivity contribution < 1.29 is 18.3 Å². The van der Waals surface area contributed by atoms with Crippen molar-refractivity contribution in [3.8, 4) is 0 Å². The van der Waals surface area contributed by atoms with E-state index in [-0.39, 0.29) is 0 Å². The van der Waals surface area contributed by atoms with Gasteiger partial charge in [-0.2, -0.15) is 0 Å². The van der Waals surface area contributed by atoms with E-state index in [9.17, 15) is 13.6 Å². The first-order valence-corrected chi connectivity index (χ1v) is 9.30. The number of carbonyl (C=O) groups excluding carboxylic acids is 1. The highest BCUT2D eigenvalue weighted by Gasteiger charge is 2.16. The molecule has 26 heavy (non-hydrogen) atoms. The van der Waals surface area contributed by atoms with Crippen molar-refractivity contribution in [2.75, 3.05) is 5.32 Å². The van der Waals surface area contributed by atoms with Gasteiger partial charge in [0.25, 0.3) is 0 Å². The molecule has 0 aliphatic rings. The molecule has 0 spiro atoms. The number of anilines is 1. The molecule has 5 nitrogen and oxygen atoms in total. The Hall–Kier alpha value is -2.44. The maximum absolute atomic E-state index is 11.8. The second-order valence-electron chi connectivity index (χ2n) is 6.70. The lowest BCUT2D eigenvalue weighted by molar-refractivity contribution is 0.0636. The summed E-state index contributed by atoms with van der Waals surface area (Å²) in [6.45, 7) is 5.34. The fraction of sp³-hybridized carbons (Fsp3) is 0.250. The second-order valence-corrected chi connectivity index (χ2v) is 7.73. The van der Waals surface area contributed by atoms with Crippen LogP contribution in [-0.4, -0.2) is 20.5 Å². The van der Waals surface area contributed by atoms with E-state index in [1.807, 2.05) is 30.3 Å². The van der Waals surface area contributed by atoms with E-state index < -0.39 is 28.0 Å². The van der Waals surface area contributed by atoms with E-state index in [0.717, 1.165) is 5.56 Å². The van der Waals surface area contributed by atoms with E-state index in [1.54, 1.807) is 57.2 Å². The van der Waals surface area contributed by atoms with Gasteiger partial charge in [0.2, 0.25) is 0 Å². The van der Waals surface area contributed by atoms with Crippen LogP contribution in [0, 0.1) is 0 Å². The van der Waals surface area contributed by atoms with Crippen molar-refractivity contribution in [2.45, 2.75) is 31.6 Å². The van der Waals surface area contributed by atoms with Crippen molar-refractivity contribution in [1.82, 2.24) is 0 Å². The van der Waals surface area contributed by atoms with Crippen molar-refractivity contribution in [2.24, 2.45) is 0 Å². The average Bonchev–Trinajstić information content (AvgIpc) is 2.55. The van der Waals surface area contributed by atoms with Gasteiger partial charge in [-0.05, 0) is 55.1 Å². The van der Waals surface area contributed by atoms with Gasteiger partial charge in [0.1, 0.15) is 5.60 Å². The van der Waals surface area contributed by atoms with E-state index >= 15 is 0 Å². The zero-order chi connectivity index (χ0) is 19.2. The molecule has 2 aromatic carbocycles. The van der Waals surface area contributed by atoms with Gasteiger partial charge in [0.05, 0.1) is 5.25 Å². The summed E-state index contributed by atoms with van der Waals surface area (Å²) >= 11 is -2.31. The van der Waals surface area contributed by atoms with Gasteiger partial charge in [-0.25, -0.2) is 4.79 Å². The summed E-state index contributed by atoms with van der Waals surface area (Å²) in [5.74, 6) is 0. The van der Waals surface area contributed by atoms with Crippen LogP contribution in [0.4, 0.5) is 10.5 Å². The number of benzene rings is 2. The van der Waals surface area contributed by atoms with Crippen LogP contribution in [0.2, 0.25) is 0 Å².